The molecule has 1 aliphatic heterocycles. The Morgan fingerprint density at radius 3 is 2.74 bits per heavy atom. The van der Waals surface area contributed by atoms with Gasteiger partial charge in [-0.15, -0.1) is 0 Å². The van der Waals surface area contributed by atoms with Crippen LogP contribution in [0.5, 0.6) is 0 Å². The zero-order valence-corrected chi connectivity index (χ0v) is 10.8. The van der Waals surface area contributed by atoms with Crippen LogP contribution < -0.4 is 0 Å². The summed E-state index contributed by atoms with van der Waals surface area (Å²) in [6.07, 6.45) is 6.71. The van der Waals surface area contributed by atoms with Gasteiger partial charge < -0.3 is 10.0 Å². The lowest BCUT2D eigenvalue weighted by atomic mass is 10.0. The maximum absolute atomic E-state index is 12.1. The van der Waals surface area contributed by atoms with Crippen molar-refractivity contribution in [1.29, 1.82) is 0 Å². The van der Waals surface area contributed by atoms with E-state index in [1.807, 2.05) is 12.1 Å². The smallest absolute Gasteiger partial charge is 0.326 e. The predicted octanol–water partition coefficient (Wildman–Crippen LogP) is 1.48. The number of nitrogens with zero attached hydrogens (tertiary/aromatic N) is 2. The van der Waals surface area contributed by atoms with E-state index in [4.69, 9.17) is 5.11 Å². The molecule has 1 aromatic heterocycles. The summed E-state index contributed by atoms with van der Waals surface area (Å²) in [4.78, 5) is 28.7. The van der Waals surface area contributed by atoms with Crippen molar-refractivity contribution in [2.75, 3.05) is 6.54 Å². The summed E-state index contributed by atoms with van der Waals surface area (Å²) in [6, 6.07) is 3.11. The van der Waals surface area contributed by atoms with Gasteiger partial charge >= 0.3 is 5.97 Å². The van der Waals surface area contributed by atoms with Crippen LogP contribution in [0.25, 0.3) is 0 Å². The van der Waals surface area contributed by atoms with E-state index in [0.717, 1.165) is 18.4 Å². The standard InChI is InChI=1S/C14H18N2O3/c17-13(5-4-11-6-8-15-9-7-11)16-10-2-1-3-12(16)14(18)19/h6-9,12H,1-5,10H2,(H,18,19). The molecule has 0 bridgehead atoms. The molecule has 0 aromatic carbocycles. The Hall–Kier alpha value is -1.91. The fraction of sp³-hybridized carbons (Fsp3) is 0.500. The Morgan fingerprint density at radius 2 is 2.05 bits per heavy atom. The second-order valence-electron chi connectivity index (χ2n) is 4.79. The summed E-state index contributed by atoms with van der Waals surface area (Å²) < 4.78 is 0. The normalized spacial score (nSPS) is 19.2. The van der Waals surface area contributed by atoms with E-state index in [1.165, 1.54) is 4.90 Å². The maximum Gasteiger partial charge on any atom is 0.326 e. The Kier molecular flexibility index (Phi) is 4.49. The molecule has 1 amide bonds. The number of amides is 1. The Balaban J connectivity index is 1.93. The van der Waals surface area contributed by atoms with Gasteiger partial charge in [0.25, 0.3) is 0 Å². The van der Waals surface area contributed by atoms with Crippen LogP contribution in [-0.2, 0) is 16.0 Å². The molecule has 1 saturated heterocycles. The number of aliphatic carboxylic acids is 1. The van der Waals surface area contributed by atoms with Crippen LogP contribution >= 0.6 is 0 Å². The molecule has 1 atom stereocenters. The summed E-state index contributed by atoms with van der Waals surface area (Å²) in [5, 5.41) is 9.14. The highest BCUT2D eigenvalue weighted by atomic mass is 16.4. The van der Waals surface area contributed by atoms with E-state index >= 15 is 0 Å². The molecule has 5 heteroatoms. The lowest BCUT2D eigenvalue weighted by Crippen LogP contribution is -2.48. The monoisotopic (exact) mass is 262 g/mol. The van der Waals surface area contributed by atoms with Crippen LogP contribution in [0.1, 0.15) is 31.2 Å². The minimum atomic E-state index is -0.892. The third kappa shape index (κ3) is 3.53. The van der Waals surface area contributed by atoms with Gasteiger partial charge in [-0.05, 0) is 43.4 Å². The average Bonchev–Trinajstić information content (AvgIpc) is 2.46. The van der Waals surface area contributed by atoms with Crippen molar-refractivity contribution in [3.05, 3.63) is 30.1 Å². The molecule has 0 spiro atoms. The van der Waals surface area contributed by atoms with Gasteiger partial charge in [-0.2, -0.15) is 0 Å². The Bertz CT molecular complexity index is 447. The van der Waals surface area contributed by atoms with Gasteiger partial charge in [-0.1, -0.05) is 0 Å². The number of likely N-dealkylation sites (tertiary alicyclic amines) is 1. The Labute approximate surface area is 112 Å². The number of piperidine rings is 1. The molecule has 2 rings (SSSR count). The van der Waals surface area contributed by atoms with Crippen LogP contribution in [0, 0.1) is 0 Å². The number of pyridine rings is 1. The maximum atomic E-state index is 12.1. The molecule has 102 valence electrons. The summed E-state index contributed by atoms with van der Waals surface area (Å²) in [5.41, 5.74) is 1.05. The van der Waals surface area contributed by atoms with Gasteiger partial charge in [0.1, 0.15) is 6.04 Å². The molecule has 0 radical (unpaired) electrons. The van der Waals surface area contributed by atoms with Crippen molar-refractivity contribution in [2.24, 2.45) is 0 Å². The van der Waals surface area contributed by atoms with Crippen molar-refractivity contribution in [3.63, 3.8) is 0 Å². The first-order valence-electron chi connectivity index (χ1n) is 6.59. The summed E-state index contributed by atoms with van der Waals surface area (Å²) >= 11 is 0. The number of hydrogen-bond donors (Lipinski definition) is 1. The highest BCUT2D eigenvalue weighted by molar-refractivity contribution is 5.84. The number of hydrogen-bond acceptors (Lipinski definition) is 3. The van der Waals surface area contributed by atoms with Crippen molar-refractivity contribution < 1.29 is 14.7 Å². The lowest BCUT2D eigenvalue weighted by Gasteiger charge is -2.33. The summed E-state index contributed by atoms with van der Waals surface area (Å²) in [6.45, 7) is 0.562. The van der Waals surface area contributed by atoms with Gasteiger partial charge in [0.05, 0.1) is 0 Å². The van der Waals surface area contributed by atoms with Crippen LogP contribution in [0.3, 0.4) is 0 Å². The molecular weight excluding hydrogens is 244 g/mol. The average molecular weight is 262 g/mol. The first-order chi connectivity index (χ1) is 9.18. The molecule has 1 aliphatic rings. The fourth-order valence-corrected chi connectivity index (χ4v) is 2.43. The Morgan fingerprint density at radius 1 is 1.32 bits per heavy atom. The van der Waals surface area contributed by atoms with E-state index in [-0.39, 0.29) is 5.91 Å². The van der Waals surface area contributed by atoms with Crippen molar-refractivity contribution in [3.8, 4) is 0 Å². The molecule has 19 heavy (non-hydrogen) atoms. The largest absolute Gasteiger partial charge is 0.480 e. The number of carbonyl (C=O) groups is 2. The van der Waals surface area contributed by atoms with Gasteiger partial charge in [0.15, 0.2) is 0 Å². The number of carboxylic acids is 1. The highest BCUT2D eigenvalue weighted by Gasteiger charge is 2.31. The quantitative estimate of drug-likeness (QED) is 0.892. The third-order valence-electron chi connectivity index (χ3n) is 3.49. The van der Waals surface area contributed by atoms with E-state index in [2.05, 4.69) is 4.98 Å². The van der Waals surface area contributed by atoms with E-state index in [9.17, 15) is 9.59 Å². The van der Waals surface area contributed by atoms with Crippen LogP contribution in [-0.4, -0.2) is 39.5 Å². The SMILES string of the molecule is O=C(O)C1CCCCN1C(=O)CCc1ccncc1. The zero-order valence-electron chi connectivity index (χ0n) is 10.8. The molecule has 1 unspecified atom stereocenters. The van der Waals surface area contributed by atoms with E-state index < -0.39 is 12.0 Å². The number of aryl methyl sites for hydroxylation is 1. The van der Waals surface area contributed by atoms with Crippen LogP contribution in [0.15, 0.2) is 24.5 Å². The van der Waals surface area contributed by atoms with E-state index in [0.29, 0.717) is 25.8 Å². The van der Waals surface area contributed by atoms with Gasteiger partial charge in [-0.3, -0.25) is 9.78 Å². The van der Waals surface area contributed by atoms with Crippen molar-refractivity contribution in [1.82, 2.24) is 9.88 Å². The molecule has 1 N–H and O–H groups in total. The number of aromatic nitrogens is 1. The fourth-order valence-electron chi connectivity index (χ4n) is 2.43. The molecule has 0 saturated carbocycles. The first kappa shape index (κ1) is 13.5. The predicted molar refractivity (Wildman–Crippen MR) is 69.5 cm³/mol. The highest BCUT2D eigenvalue weighted by Crippen LogP contribution is 2.18. The van der Waals surface area contributed by atoms with Crippen LogP contribution in [0.2, 0.25) is 0 Å². The third-order valence-corrected chi connectivity index (χ3v) is 3.49. The van der Waals surface area contributed by atoms with Gasteiger partial charge in [-0.25, -0.2) is 4.79 Å². The van der Waals surface area contributed by atoms with Crippen molar-refractivity contribution in [2.45, 2.75) is 38.1 Å². The molecule has 1 aromatic rings. The number of rotatable bonds is 4. The van der Waals surface area contributed by atoms with E-state index in [1.54, 1.807) is 12.4 Å². The van der Waals surface area contributed by atoms with Crippen molar-refractivity contribution >= 4 is 11.9 Å². The second kappa shape index (κ2) is 6.31. The minimum absolute atomic E-state index is 0.0658. The van der Waals surface area contributed by atoms with Crippen LogP contribution in [0.4, 0.5) is 0 Å². The summed E-state index contributed by atoms with van der Waals surface area (Å²) in [7, 11) is 0. The molecule has 5 nitrogen and oxygen atoms in total. The molecule has 2 heterocycles. The number of carboxylic acid groups (broad SMARTS) is 1. The van der Waals surface area contributed by atoms with Gasteiger partial charge in [0, 0.05) is 25.4 Å². The lowest BCUT2D eigenvalue weighted by molar-refractivity contribution is -0.152. The topological polar surface area (TPSA) is 70.5 Å². The van der Waals surface area contributed by atoms with Gasteiger partial charge in [0.2, 0.25) is 5.91 Å². The second-order valence-corrected chi connectivity index (χ2v) is 4.79. The number of carbonyl (C=O) groups excluding carboxylic acids is 1. The molecule has 0 aliphatic carbocycles. The summed E-state index contributed by atoms with van der Waals surface area (Å²) in [5.74, 6) is -0.958. The first-order valence-corrected chi connectivity index (χ1v) is 6.59. The molecular formula is C14H18N2O3. The zero-order chi connectivity index (χ0) is 13.7. The molecule has 1 fully saturated rings. The minimum Gasteiger partial charge on any atom is -0.480 e.